The minimum Gasteiger partial charge on any atom is -0.316 e. The lowest BCUT2D eigenvalue weighted by Crippen LogP contribution is -2.34. The van der Waals surface area contributed by atoms with Gasteiger partial charge in [-0.05, 0) is 84.6 Å². The van der Waals surface area contributed by atoms with Crippen LogP contribution in [0.5, 0.6) is 0 Å². The van der Waals surface area contributed by atoms with Crippen molar-refractivity contribution in [1.29, 1.82) is 0 Å². The van der Waals surface area contributed by atoms with Gasteiger partial charge in [0, 0.05) is 4.88 Å². The van der Waals surface area contributed by atoms with E-state index in [1.54, 1.807) is 4.88 Å². The fraction of sp³-hybridized carbons (Fsp3) is 0.778. The molecule has 1 N–H and O–H groups in total. The van der Waals surface area contributed by atoms with Crippen molar-refractivity contribution in [1.82, 2.24) is 5.32 Å². The summed E-state index contributed by atoms with van der Waals surface area (Å²) in [4.78, 5) is 1.56. The molecule has 1 aromatic heterocycles. The number of rotatable bonds is 8. The number of thiophene rings is 1. The lowest BCUT2D eigenvalue weighted by Gasteiger charge is -2.36. The number of hydrogen-bond acceptors (Lipinski definition) is 2. The van der Waals surface area contributed by atoms with Gasteiger partial charge >= 0.3 is 0 Å². The smallest absolute Gasteiger partial charge is 0.0701 e. The average molecular weight is 372 g/mol. The summed E-state index contributed by atoms with van der Waals surface area (Å²) in [6, 6.07) is 4.52. The van der Waals surface area contributed by atoms with Crippen molar-refractivity contribution in [3.63, 3.8) is 0 Å². The molecule has 1 heterocycles. The van der Waals surface area contributed by atoms with Gasteiger partial charge < -0.3 is 5.32 Å². The molecule has 0 spiro atoms. The third kappa shape index (κ3) is 5.69. The zero-order valence-corrected chi connectivity index (χ0v) is 15.9. The van der Waals surface area contributed by atoms with Crippen LogP contribution in [0.25, 0.3) is 0 Å². The van der Waals surface area contributed by atoms with E-state index in [1.165, 1.54) is 61.8 Å². The van der Waals surface area contributed by atoms with E-state index in [2.05, 4.69) is 47.2 Å². The number of nitrogens with one attached hydrogen (secondary N) is 1. The molecular formula is C18H30BrNS. The van der Waals surface area contributed by atoms with E-state index < -0.39 is 0 Å². The Kier molecular flexibility index (Phi) is 7.76. The molecule has 3 unspecified atom stereocenters. The van der Waals surface area contributed by atoms with Gasteiger partial charge in [0.2, 0.25) is 0 Å². The highest BCUT2D eigenvalue weighted by molar-refractivity contribution is 9.11. The van der Waals surface area contributed by atoms with Crippen molar-refractivity contribution in [3.05, 3.63) is 20.8 Å². The Hall–Kier alpha value is 0.140. The second-order valence-corrected chi connectivity index (χ2v) is 9.15. The average Bonchev–Trinajstić information content (AvgIpc) is 2.87. The molecule has 0 aromatic carbocycles. The fourth-order valence-electron chi connectivity index (χ4n) is 3.80. The van der Waals surface area contributed by atoms with E-state index in [1.807, 2.05) is 11.3 Å². The van der Waals surface area contributed by atoms with Crippen LogP contribution in [0.2, 0.25) is 0 Å². The third-order valence-corrected chi connectivity index (χ3v) is 6.52. The van der Waals surface area contributed by atoms with E-state index >= 15 is 0 Å². The Morgan fingerprint density at radius 2 is 2.05 bits per heavy atom. The van der Waals surface area contributed by atoms with Crippen molar-refractivity contribution in [2.75, 3.05) is 13.1 Å². The Morgan fingerprint density at radius 3 is 2.71 bits per heavy atom. The summed E-state index contributed by atoms with van der Waals surface area (Å²) in [5.41, 5.74) is 0. The normalized spacial score (nSPS) is 26.1. The molecule has 1 aliphatic carbocycles. The maximum Gasteiger partial charge on any atom is 0.0701 e. The summed E-state index contributed by atoms with van der Waals surface area (Å²) < 4.78 is 1.28. The van der Waals surface area contributed by atoms with Crippen LogP contribution in [0, 0.1) is 17.8 Å². The van der Waals surface area contributed by atoms with Gasteiger partial charge in [0.1, 0.15) is 0 Å². The van der Waals surface area contributed by atoms with Gasteiger partial charge in [-0.1, -0.05) is 33.1 Å². The Morgan fingerprint density at radius 1 is 1.19 bits per heavy atom. The minimum atomic E-state index is 0.880. The SMILES string of the molecule is CCCNCC1CCC(CCC)CC1Cc1ccc(Br)s1. The highest BCUT2D eigenvalue weighted by Crippen LogP contribution is 2.39. The molecule has 1 fully saturated rings. The van der Waals surface area contributed by atoms with Crippen LogP contribution in [0.3, 0.4) is 0 Å². The fourth-order valence-corrected chi connectivity index (χ4v) is 5.37. The molecule has 0 amide bonds. The summed E-state index contributed by atoms with van der Waals surface area (Å²) in [6.07, 6.45) is 9.64. The number of hydrogen-bond donors (Lipinski definition) is 1. The van der Waals surface area contributed by atoms with Gasteiger partial charge in [-0.3, -0.25) is 0 Å². The summed E-state index contributed by atoms with van der Waals surface area (Å²) in [7, 11) is 0. The molecule has 0 saturated heterocycles. The van der Waals surface area contributed by atoms with E-state index in [4.69, 9.17) is 0 Å². The number of halogens is 1. The lowest BCUT2D eigenvalue weighted by atomic mass is 9.71. The highest BCUT2D eigenvalue weighted by Gasteiger charge is 2.30. The van der Waals surface area contributed by atoms with Gasteiger partial charge in [0.25, 0.3) is 0 Å². The van der Waals surface area contributed by atoms with E-state index in [9.17, 15) is 0 Å². The first-order valence-corrected chi connectivity index (χ1v) is 10.3. The van der Waals surface area contributed by atoms with Crippen molar-refractivity contribution in [2.24, 2.45) is 17.8 Å². The molecule has 2 rings (SSSR count). The Bertz CT molecular complexity index is 404. The van der Waals surface area contributed by atoms with Crippen LogP contribution in [-0.4, -0.2) is 13.1 Å². The first-order valence-electron chi connectivity index (χ1n) is 8.67. The second kappa shape index (κ2) is 9.32. The highest BCUT2D eigenvalue weighted by atomic mass is 79.9. The maximum atomic E-state index is 3.67. The summed E-state index contributed by atoms with van der Waals surface area (Å²) >= 11 is 5.53. The molecule has 0 radical (unpaired) electrons. The van der Waals surface area contributed by atoms with Gasteiger partial charge in [0.05, 0.1) is 3.79 Å². The molecule has 1 aromatic rings. The van der Waals surface area contributed by atoms with Crippen molar-refractivity contribution >= 4 is 27.3 Å². The van der Waals surface area contributed by atoms with E-state index in [-0.39, 0.29) is 0 Å². The lowest BCUT2D eigenvalue weighted by molar-refractivity contribution is 0.168. The molecule has 1 aliphatic rings. The van der Waals surface area contributed by atoms with Crippen LogP contribution in [0.15, 0.2) is 15.9 Å². The summed E-state index contributed by atoms with van der Waals surface area (Å²) in [6.45, 7) is 6.99. The molecule has 3 atom stereocenters. The maximum absolute atomic E-state index is 3.67. The standard InChI is InChI=1S/C18H30BrNS/c1-3-5-14-6-7-15(13-20-10-4-2)16(11-14)12-17-8-9-18(19)21-17/h8-9,14-16,20H,3-7,10-13H2,1-2H3. The predicted octanol–water partition coefficient (Wildman–Crippen LogP) is 5.89. The van der Waals surface area contributed by atoms with Gasteiger partial charge in [0.15, 0.2) is 0 Å². The zero-order valence-electron chi connectivity index (χ0n) is 13.5. The molecule has 1 saturated carbocycles. The monoisotopic (exact) mass is 371 g/mol. The van der Waals surface area contributed by atoms with Crippen LogP contribution >= 0.6 is 27.3 Å². The van der Waals surface area contributed by atoms with Crippen molar-refractivity contribution in [2.45, 2.75) is 58.8 Å². The minimum absolute atomic E-state index is 0.880. The van der Waals surface area contributed by atoms with Crippen LogP contribution < -0.4 is 5.32 Å². The van der Waals surface area contributed by atoms with Crippen molar-refractivity contribution in [3.8, 4) is 0 Å². The predicted molar refractivity (Wildman–Crippen MR) is 98.1 cm³/mol. The van der Waals surface area contributed by atoms with Crippen LogP contribution in [0.4, 0.5) is 0 Å². The second-order valence-electron chi connectivity index (χ2n) is 6.60. The van der Waals surface area contributed by atoms with Gasteiger partial charge in [-0.15, -0.1) is 11.3 Å². The first-order chi connectivity index (χ1) is 10.2. The third-order valence-electron chi connectivity index (χ3n) is 4.87. The summed E-state index contributed by atoms with van der Waals surface area (Å²) in [5, 5.41) is 3.67. The molecule has 21 heavy (non-hydrogen) atoms. The van der Waals surface area contributed by atoms with E-state index in [0.29, 0.717) is 0 Å². The quantitative estimate of drug-likeness (QED) is 0.562. The van der Waals surface area contributed by atoms with Gasteiger partial charge in [-0.2, -0.15) is 0 Å². The first kappa shape index (κ1) is 17.5. The molecule has 0 bridgehead atoms. The molecule has 3 heteroatoms. The molecule has 120 valence electrons. The Labute approximate surface area is 143 Å². The zero-order chi connectivity index (χ0) is 15.1. The van der Waals surface area contributed by atoms with Crippen LogP contribution in [0.1, 0.15) is 57.2 Å². The molecule has 0 aliphatic heterocycles. The van der Waals surface area contributed by atoms with Crippen molar-refractivity contribution < 1.29 is 0 Å². The largest absolute Gasteiger partial charge is 0.316 e. The summed E-state index contributed by atoms with van der Waals surface area (Å²) in [5.74, 6) is 2.74. The van der Waals surface area contributed by atoms with E-state index in [0.717, 1.165) is 17.8 Å². The topological polar surface area (TPSA) is 12.0 Å². The van der Waals surface area contributed by atoms with Crippen LogP contribution in [-0.2, 0) is 6.42 Å². The molecular weight excluding hydrogens is 342 g/mol. The molecule has 1 nitrogen and oxygen atoms in total. The van der Waals surface area contributed by atoms with Gasteiger partial charge in [-0.25, -0.2) is 0 Å². The Balaban J connectivity index is 1.94.